The van der Waals surface area contributed by atoms with Crippen LogP contribution in [0, 0.1) is 0 Å². The third kappa shape index (κ3) is 4.09. The van der Waals surface area contributed by atoms with E-state index in [0.29, 0.717) is 17.3 Å². The summed E-state index contributed by atoms with van der Waals surface area (Å²) in [5.41, 5.74) is 0.412. The van der Waals surface area contributed by atoms with Gasteiger partial charge in [0.2, 0.25) is 0 Å². The van der Waals surface area contributed by atoms with Crippen molar-refractivity contribution in [1.82, 2.24) is 9.78 Å². The molecule has 1 aromatic heterocycles. The van der Waals surface area contributed by atoms with Gasteiger partial charge >= 0.3 is 0 Å². The van der Waals surface area contributed by atoms with Gasteiger partial charge in [-0.2, -0.15) is 5.10 Å². The van der Waals surface area contributed by atoms with Crippen LogP contribution in [0.3, 0.4) is 0 Å². The van der Waals surface area contributed by atoms with Gasteiger partial charge in [-0.25, -0.2) is 0 Å². The predicted octanol–water partition coefficient (Wildman–Crippen LogP) is 4.37. The first kappa shape index (κ1) is 20.2. The van der Waals surface area contributed by atoms with Crippen LogP contribution in [-0.2, 0) is 12.0 Å². The van der Waals surface area contributed by atoms with Crippen LogP contribution in [0.5, 0.6) is 5.75 Å². The van der Waals surface area contributed by atoms with Crippen LogP contribution in [0.4, 0.5) is 5.69 Å². The molecule has 1 heterocycles. The van der Waals surface area contributed by atoms with Gasteiger partial charge in [-0.3, -0.25) is 14.3 Å². The van der Waals surface area contributed by atoms with Gasteiger partial charge in [0.25, 0.3) is 11.3 Å². The first-order valence-electron chi connectivity index (χ1n) is 9.90. The van der Waals surface area contributed by atoms with Crippen molar-refractivity contribution in [3.63, 3.8) is 0 Å². The Balaban J connectivity index is 1.65. The number of carbonyl (C=O) groups excluding carboxylic acids is 1. The van der Waals surface area contributed by atoms with Gasteiger partial charge in [0, 0.05) is 16.1 Å². The molecule has 2 aromatic carbocycles. The van der Waals surface area contributed by atoms with Crippen LogP contribution in [0.15, 0.2) is 65.6 Å². The standard InChI is InChI=1S/C23H22ClN3O3/c24-17-8-10-18(11-9-17)25-22(30)20-21(29)19(28)14-27(26-20)15-23(12-4-5-13-23)16-6-2-1-3-7-16/h1-3,6-11,14,28H,4-5,12-13,15H2,(H,25,30). The molecule has 154 valence electrons. The predicted molar refractivity (Wildman–Crippen MR) is 116 cm³/mol. The molecule has 30 heavy (non-hydrogen) atoms. The average Bonchev–Trinajstić information content (AvgIpc) is 3.22. The number of carbonyl (C=O) groups is 1. The summed E-state index contributed by atoms with van der Waals surface area (Å²) in [6.07, 6.45) is 5.48. The van der Waals surface area contributed by atoms with E-state index in [0.717, 1.165) is 25.7 Å². The largest absolute Gasteiger partial charge is 0.503 e. The first-order chi connectivity index (χ1) is 14.5. The molecular formula is C23H22ClN3O3. The molecule has 0 unspecified atom stereocenters. The molecule has 7 heteroatoms. The van der Waals surface area contributed by atoms with E-state index in [4.69, 9.17) is 11.6 Å². The van der Waals surface area contributed by atoms with Crippen LogP contribution in [0.1, 0.15) is 41.7 Å². The molecule has 1 fully saturated rings. The van der Waals surface area contributed by atoms with E-state index in [1.165, 1.54) is 16.4 Å². The van der Waals surface area contributed by atoms with Gasteiger partial charge in [0.1, 0.15) is 0 Å². The van der Waals surface area contributed by atoms with Crippen molar-refractivity contribution in [2.45, 2.75) is 37.6 Å². The summed E-state index contributed by atoms with van der Waals surface area (Å²) in [6.45, 7) is 0.478. The highest BCUT2D eigenvalue weighted by atomic mass is 35.5. The van der Waals surface area contributed by atoms with Gasteiger partial charge in [-0.1, -0.05) is 54.8 Å². The Morgan fingerprint density at radius 2 is 1.77 bits per heavy atom. The summed E-state index contributed by atoms with van der Waals surface area (Å²) in [4.78, 5) is 25.1. The molecule has 0 bridgehead atoms. The van der Waals surface area contributed by atoms with E-state index in [2.05, 4.69) is 22.5 Å². The van der Waals surface area contributed by atoms with Crippen LogP contribution < -0.4 is 10.7 Å². The molecule has 1 saturated carbocycles. The van der Waals surface area contributed by atoms with Crippen molar-refractivity contribution in [2.75, 3.05) is 5.32 Å². The zero-order chi connectivity index (χ0) is 21.1. The normalized spacial score (nSPS) is 15.1. The highest BCUT2D eigenvalue weighted by Gasteiger charge is 2.36. The molecule has 1 aliphatic carbocycles. The highest BCUT2D eigenvalue weighted by molar-refractivity contribution is 6.30. The van der Waals surface area contributed by atoms with E-state index >= 15 is 0 Å². The lowest BCUT2D eigenvalue weighted by atomic mass is 9.79. The van der Waals surface area contributed by atoms with Crippen molar-refractivity contribution >= 4 is 23.2 Å². The van der Waals surface area contributed by atoms with E-state index in [1.54, 1.807) is 24.3 Å². The van der Waals surface area contributed by atoms with Gasteiger partial charge < -0.3 is 10.4 Å². The van der Waals surface area contributed by atoms with Crippen molar-refractivity contribution in [1.29, 1.82) is 0 Å². The van der Waals surface area contributed by atoms with Crippen LogP contribution >= 0.6 is 11.6 Å². The monoisotopic (exact) mass is 423 g/mol. The summed E-state index contributed by atoms with van der Waals surface area (Å²) >= 11 is 5.87. The lowest BCUT2D eigenvalue weighted by molar-refractivity contribution is 0.101. The number of benzene rings is 2. The zero-order valence-electron chi connectivity index (χ0n) is 16.3. The Morgan fingerprint density at radius 1 is 1.10 bits per heavy atom. The number of halogens is 1. The number of rotatable bonds is 5. The summed E-state index contributed by atoms with van der Waals surface area (Å²) in [7, 11) is 0. The molecule has 6 nitrogen and oxygen atoms in total. The molecule has 0 atom stereocenters. The Hall–Kier alpha value is -3.12. The SMILES string of the molecule is O=C(Nc1ccc(Cl)cc1)c1nn(CC2(c3ccccc3)CCCC2)cc(O)c1=O. The minimum Gasteiger partial charge on any atom is -0.503 e. The van der Waals surface area contributed by atoms with Gasteiger partial charge in [-0.15, -0.1) is 0 Å². The van der Waals surface area contributed by atoms with Crippen LogP contribution in [0.2, 0.25) is 5.02 Å². The van der Waals surface area contributed by atoms with Crippen molar-refractivity contribution in [3.8, 4) is 5.75 Å². The second-order valence-electron chi connectivity index (χ2n) is 7.70. The minimum atomic E-state index is -0.794. The lowest BCUT2D eigenvalue weighted by Gasteiger charge is -2.30. The lowest BCUT2D eigenvalue weighted by Crippen LogP contribution is -2.32. The molecule has 4 rings (SSSR count). The summed E-state index contributed by atoms with van der Waals surface area (Å²) < 4.78 is 1.52. The zero-order valence-corrected chi connectivity index (χ0v) is 17.1. The van der Waals surface area contributed by atoms with Gasteiger partial charge in [-0.05, 0) is 42.7 Å². The Kier molecular flexibility index (Phi) is 5.59. The second-order valence-corrected chi connectivity index (χ2v) is 8.14. The number of hydrogen-bond acceptors (Lipinski definition) is 4. The van der Waals surface area contributed by atoms with E-state index < -0.39 is 17.1 Å². The second kappa shape index (κ2) is 8.32. The maximum Gasteiger partial charge on any atom is 0.280 e. The third-order valence-corrected chi connectivity index (χ3v) is 5.93. The highest BCUT2D eigenvalue weighted by Crippen LogP contribution is 2.42. The number of aromatic nitrogens is 2. The van der Waals surface area contributed by atoms with Crippen LogP contribution in [-0.4, -0.2) is 20.8 Å². The third-order valence-electron chi connectivity index (χ3n) is 5.68. The fraction of sp³-hybridized carbons (Fsp3) is 0.261. The molecule has 3 aromatic rings. The molecule has 1 amide bonds. The number of amides is 1. The summed E-state index contributed by atoms with van der Waals surface area (Å²) in [5.74, 6) is -1.17. The number of hydrogen-bond donors (Lipinski definition) is 2. The molecule has 2 N–H and O–H groups in total. The molecule has 0 spiro atoms. The Morgan fingerprint density at radius 3 is 2.43 bits per heavy atom. The van der Waals surface area contributed by atoms with Gasteiger partial charge in [0.15, 0.2) is 11.4 Å². The quantitative estimate of drug-likeness (QED) is 0.638. The number of aromatic hydroxyl groups is 1. The topological polar surface area (TPSA) is 84.2 Å². The fourth-order valence-electron chi connectivity index (χ4n) is 4.17. The Bertz CT molecular complexity index is 1100. The average molecular weight is 424 g/mol. The van der Waals surface area contributed by atoms with E-state index in [-0.39, 0.29) is 11.1 Å². The maximum atomic E-state index is 12.7. The maximum absolute atomic E-state index is 12.7. The van der Waals surface area contributed by atoms with Crippen molar-refractivity contribution < 1.29 is 9.90 Å². The number of nitrogens with one attached hydrogen (secondary N) is 1. The van der Waals surface area contributed by atoms with E-state index in [9.17, 15) is 14.7 Å². The molecule has 0 saturated heterocycles. The van der Waals surface area contributed by atoms with E-state index in [1.807, 2.05) is 18.2 Å². The van der Waals surface area contributed by atoms with Gasteiger partial charge in [0.05, 0.1) is 12.7 Å². The molecule has 1 aliphatic rings. The van der Waals surface area contributed by atoms with Crippen molar-refractivity contribution in [2.24, 2.45) is 0 Å². The summed E-state index contributed by atoms with van der Waals surface area (Å²) in [5, 5.41) is 17.6. The first-order valence-corrected chi connectivity index (χ1v) is 10.3. The molecular weight excluding hydrogens is 402 g/mol. The number of anilines is 1. The minimum absolute atomic E-state index is 0.139. The smallest absolute Gasteiger partial charge is 0.280 e. The fourth-order valence-corrected chi connectivity index (χ4v) is 4.29. The molecule has 0 radical (unpaired) electrons. The number of nitrogens with zero attached hydrogens (tertiary/aromatic N) is 2. The summed E-state index contributed by atoms with van der Waals surface area (Å²) in [6, 6.07) is 16.7. The van der Waals surface area contributed by atoms with Crippen LogP contribution in [0.25, 0.3) is 0 Å². The van der Waals surface area contributed by atoms with Crippen molar-refractivity contribution in [3.05, 3.63) is 87.3 Å². The molecule has 0 aliphatic heterocycles. The Labute approximate surface area is 179 Å².